The molecule has 0 aliphatic rings. The van der Waals surface area contributed by atoms with Gasteiger partial charge < -0.3 is 11.1 Å². The van der Waals surface area contributed by atoms with Crippen molar-refractivity contribution in [3.8, 4) is 0 Å². The third-order valence-corrected chi connectivity index (χ3v) is 3.41. The molecule has 1 unspecified atom stereocenters. The highest BCUT2D eigenvalue weighted by Crippen LogP contribution is 2.20. The van der Waals surface area contributed by atoms with E-state index >= 15 is 0 Å². The summed E-state index contributed by atoms with van der Waals surface area (Å²) in [6, 6.07) is 5.88. The van der Waals surface area contributed by atoms with E-state index in [1.807, 2.05) is 0 Å². The predicted octanol–water partition coefficient (Wildman–Crippen LogP) is 2.32. The predicted molar refractivity (Wildman–Crippen MR) is 73.5 cm³/mol. The Hall–Kier alpha value is -1.49. The zero-order chi connectivity index (χ0) is 13.9. The van der Waals surface area contributed by atoms with Crippen LogP contribution in [0, 0.1) is 11.2 Å². The van der Waals surface area contributed by atoms with E-state index in [2.05, 4.69) is 5.32 Å². The molecule has 1 rings (SSSR count). The molecule has 3 nitrogen and oxygen atoms in total. The fourth-order valence-electron chi connectivity index (χ4n) is 1.39. The Kier molecular flexibility index (Phi) is 4.40. The largest absolute Gasteiger partial charge is 0.392 e. The topological polar surface area (TPSA) is 55.1 Å². The van der Waals surface area contributed by atoms with Crippen molar-refractivity contribution in [2.24, 2.45) is 11.1 Å². The molecule has 0 aliphatic heterocycles. The first-order valence-corrected chi connectivity index (χ1v) is 6.03. The molecule has 0 fully saturated rings. The Labute approximate surface area is 112 Å². The molecule has 1 aromatic rings. The lowest BCUT2D eigenvalue weighted by atomic mass is 9.91. The van der Waals surface area contributed by atoms with Gasteiger partial charge in [-0.05, 0) is 26.8 Å². The summed E-state index contributed by atoms with van der Waals surface area (Å²) in [5.74, 6) is -0.663. The summed E-state index contributed by atoms with van der Waals surface area (Å²) in [6.07, 6.45) is 0. The van der Waals surface area contributed by atoms with E-state index in [1.165, 1.54) is 6.07 Å². The fraction of sp³-hybridized carbons (Fsp3) is 0.385. The van der Waals surface area contributed by atoms with Gasteiger partial charge in [0.05, 0.1) is 16.4 Å². The van der Waals surface area contributed by atoms with E-state index in [0.29, 0.717) is 5.56 Å². The van der Waals surface area contributed by atoms with Crippen molar-refractivity contribution < 1.29 is 9.18 Å². The zero-order valence-electron chi connectivity index (χ0n) is 10.7. The minimum Gasteiger partial charge on any atom is -0.392 e. The standard InChI is InChI=1S/C13H17FN2OS/c1-8(9-6-4-5-7-10(9)14)16-12(17)13(2,3)11(15)18/h4-8H,1-3H3,(H2,15,18)(H,16,17). The van der Waals surface area contributed by atoms with Gasteiger partial charge in [0.25, 0.3) is 0 Å². The van der Waals surface area contributed by atoms with Crippen LogP contribution in [0.25, 0.3) is 0 Å². The summed E-state index contributed by atoms with van der Waals surface area (Å²) in [5.41, 5.74) is 5.00. The van der Waals surface area contributed by atoms with Crippen molar-refractivity contribution in [3.05, 3.63) is 35.6 Å². The molecular weight excluding hydrogens is 251 g/mol. The molecule has 18 heavy (non-hydrogen) atoms. The highest BCUT2D eigenvalue weighted by Gasteiger charge is 2.32. The molecule has 3 N–H and O–H groups in total. The number of thiocarbonyl (C=S) groups is 1. The number of benzene rings is 1. The highest BCUT2D eigenvalue weighted by atomic mass is 32.1. The minimum atomic E-state index is -0.950. The summed E-state index contributed by atoms with van der Waals surface area (Å²) >= 11 is 4.85. The molecule has 0 saturated carbocycles. The summed E-state index contributed by atoms with van der Waals surface area (Å²) in [5, 5.41) is 2.71. The quantitative estimate of drug-likeness (QED) is 0.824. The van der Waals surface area contributed by atoms with Crippen molar-refractivity contribution >= 4 is 23.1 Å². The second kappa shape index (κ2) is 5.44. The van der Waals surface area contributed by atoms with Crippen LogP contribution in [-0.2, 0) is 4.79 Å². The Morgan fingerprint density at radius 2 is 2.00 bits per heavy atom. The van der Waals surface area contributed by atoms with Gasteiger partial charge in [0, 0.05) is 5.56 Å². The molecule has 98 valence electrons. The van der Waals surface area contributed by atoms with E-state index in [-0.39, 0.29) is 16.7 Å². The van der Waals surface area contributed by atoms with E-state index in [9.17, 15) is 9.18 Å². The van der Waals surface area contributed by atoms with Crippen LogP contribution in [0.5, 0.6) is 0 Å². The Balaban J connectivity index is 2.84. The number of hydrogen-bond acceptors (Lipinski definition) is 2. The number of nitrogens with one attached hydrogen (secondary N) is 1. The van der Waals surface area contributed by atoms with E-state index in [1.54, 1.807) is 39.0 Å². The first-order chi connectivity index (χ1) is 8.26. The first-order valence-electron chi connectivity index (χ1n) is 5.62. The lowest BCUT2D eigenvalue weighted by Gasteiger charge is -2.25. The van der Waals surface area contributed by atoms with Gasteiger partial charge in [-0.2, -0.15) is 0 Å². The summed E-state index contributed by atoms with van der Waals surface area (Å²) in [6.45, 7) is 4.99. The van der Waals surface area contributed by atoms with Gasteiger partial charge >= 0.3 is 0 Å². The maximum absolute atomic E-state index is 13.5. The van der Waals surface area contributed by atoms with Crippen molar-refractivity contribution in [2.45, 2.75) is 26.8 Å². The molecule has 1 atom stereocenters. The second-order valence-corrected chi connectivity index (χ2v) is 5.15. The van der Waals surface area contributed by atoms with Crippen LogP contribution >= 0.6 is 12.2 Å². The second-order valence-electron chi connectivity index (χ2n) is 4.71. The SMILES string of the molecule is CC(NC(=O)C(C)(C)C(N)=S)c1ccccc1F. The van der Waals surface area contributed by atoms with E-state index in [4.69, 9.17) is 18.0 Å². The number of carbonyl (C=O) groups excluding carboxylic acids is 1. The van der Waals surface area contributed by atoms with E-state index < -0.39 is 11.5 Å². The van der Waals surface area contributed by atoms with Crippen molar-refractivity contribution in [2.75, 3.05) is 0 Å². The summed E-state index contributed by atoms with van der Waals surface area (Å²) in [4.78, 5) is 12.1. The van der Waals surface area contributed by atoms with Crippen molar-refractivity contribution in [1.29, 1.82) is 0 Å². The van der Waals surface area contributed by atoms with E-state index in [0.717, 1.165) is 0 Å². The number of nitrogens with two attached hydrogens (primary N) is 1. The molecule has 0 heterocycles. The zero-order valence-corrected chi connectivity index (χ0v) is 11.5. The lowest BCUT2D eigenvalue weighted by molar-refractivity contribution is -0.126. The van der Waals surface area contributed by atoms with Gasteiger partial charge in [-0.15, -0.1) is 0 Å². The van der Waals surface area contributed by atoms with Crippen LogP contribution in [0.15, 0.2) is 24.3 Å². The number of rotatable bonds is 4. The van der Waals surface area contributed by atoms with Gasteiger partial charge in [-0.25, -0.2) is 4.39 Å². The molecule has 1 aromatic carbocycles. The lowest BCUT2D eigenvalue weighted by Crippen LogP contribution is -2.45. The molecule has 0 spiro atoms. The number of amides is 1. The Morgan fingerprint density at radius 3 is 2.50 bits per heavy atom. The third kappa shape index (κ3) is 3.04. The van der Waals surface area contributed by atoms with Crippen LogP contribution in [-0.4, -0.2) is 10.9 Å². The van der Waals surface area contributed by atoms with Crippen molar-refractivity contribution in [3.63, 3.8) is 0 Å². The maximum Gasteiger partial charge on any atom is 0.232 e. The van der Waals surface area contributed by atoms with Gasteiger partial charge in [0.2, 0.25) is 5.91 Å². The highest BCUT2D eigenvalue weighted by molar-refractivity contribution is 7.80. The number of carbonyl (C=O) groups is 1. The number of halogens is 1. The van der Waals surface area contributed by atoms with Gasteiger partial charge in [-0.1, -0.05) is 30.4 Å². The van der Waals surface area contributed by atoms with Crippen LogP contribution < -0.4 is 11.1 Å². The Bertz CT molecular complexity index is 474. The van der Waals surface area contributed by atoms with Gasteiger partial charge in [0.1, 0.15) is 5.82 Å². The Morgan fingerprint density at radius 1 is 1.44 bits per heavy atom. The van der Waals surface area contributed by atoms with Gasteiger partial charge in [0.15, 0.2) is 0 Å². The maximum atomic E-state index is 13.5. The van der Waals surface area contributed by atoms with Crippen LogP contribution in [0.4, 0.5) is 4.39 Å². The molecule has 0 bridgehead atoms. The van der Waals surface area contributed by atoms with Gasteiger partial charge in [-0.3, -0.25) is 4.79 Å². The molecular formula is C13H17FN2OS. The average Bonchev–Trinajstić information content (AvgIpc) is 2.28. The molecule has 0 radical (unpaired) electrons. The minimum absolute atomic E-state index is 0.112. The molecule has 1 amide bonds. The first kappa shape index (κ1) is 14.6. The smallest absolute Gasteiger partial charge is 0.232 e. The molecule has 0 saturated heterocycles. The molecule has 5 heteroatoms. The average molecular weight is 268 g/mol. The van der Waals surface area contributed by atoms with Crippen LogP contribution in [0.1, 0.15) is 32.4 Å². The monoisotopic (exact) mass is 268 g/mol. The number of hydrogen-bond donors (Lipinski definition) is 2. The summed E-state index contributed by atoms with van der Waals surface area (Å²) in [7, 11) is 0. The normalized spacial score (nSPS) is 12.9. The fourth-order valence-corrected chi connectivity index (χ4v) is 1.49. The summed E-state index contributed by atoms with van der Waals surface area (Å²) < 4.78 is 13.5. The van der Waals surface area contributed by atoms with Crippen LogP contribution in [0.2, 0.25) is 0 Å². The van der Waals surface area contributed by atoms with Crippen LogP contribution in [0.3, 0.4) is 0 Å². The third-order valence-electron chi connectivity index (χ3n) is 2.90. The molecule has 0 aliphatic carbocycles. The van der Waals surface area contributed by atoms with Crippen molar-refractivity contribution in [1.82, 2.24) is 5.32 Å². The molecule has 0 aromatic heterocycles.